The summed E-state index contributed by atoms with van der Waals surface area (Å²) in [6.45, 7) is 2.73. The van der Waals surface area contributed by atoms with Gasteiger partial charge in [-0.2, -0.15) is 11.8 Å². The summed E-state index contributed by atoms with van der Waals surface area (Å²) in [6.07, 6.45) is -0.134. The van der Waals surface area contributed by atoms with Gasteiger partial charge in [0.15, 0.2) is 5.82 Å². The lowest BCUT2D eigenvalue weighted by Crippen LogP contribution is -2.18. The highest BCUT2D eigenvalue weighted by molar-refractivity contribution is 7.99. The second kappa shape index (κ2) is 6.53. The van der Waals surface area contributed by atoms with Gasteiger partial charge in [0.25, 0.3) is 0 Å². The summed E-state index contributed by atoms with van der Waals surface area (Å²) in [4.78, 5) is 8.78. The first-order valence-corrected chi connectivity index (χ1v) is 8.55. The summed E-state index contributed by atoms with van der Waals surface area (Å²) in [6, 6.07) is 7.96. The molecule has 1 unspecified atom stereocenters. The van der Waals surface area contributed by atoms with Gasteiger partial charge in [-0.1, -0.05) is 53.0 Å². The van der Waals surface area contributed by atoms with Crippen LogP contribution in [0.4, 0.5) is 0 Å². The fourth-order valence-electron chi connectivity index (χ4n) is 2.16. The second-order valence-electron chi connectivity index (χ2n) is 4.84. The number of nitrogens with zero attached hydrogens (tertiary/aromatic N) is 2. The maximum Gasteiger partial charge on any atom is 0.161 e. The zero-order chi connectivity index (χ0) is 14.8. The van der Waals surface area contributed by atoms with E-state index in [0.29, 0.717) is 28.3 Å². The predicted molar refractivity (Wildman–Crippen MR) is 88.2 cm³/mol. The van der Waals surface area contributed by atoms with Crippen LogP contribution in [0.2, 0.25) is 10.3 Å². The number of aryl methyl sites for hydroxylation is 1. The summed E-state index contributed by atoms with van der Waals surface area (Å²) in [5, 5.41) is 0.737. The average molecular weight is 341 g/mol. The zero-order valence-corrected chi connectivity index (χ0v) is 13.8. The molecule has 0 bridgehead atoms. The number of halogens is 2. The minimum Gasteiger partial charge on any atom is -0.368 e. The maximum atomic E-state index is 6.33. The average Bonchev–Trinajstić information content (AvgIpc) is 2.49. The van der Waals surface area contributed by atoms with E-state index in [9.17, 15) is 0 Å². The van der Waals surface area contributed by atoms with E-state index in [4.69, 9.17) is 27.9 Å². The first kappa shape index (κ1) is 15.1. The number of thioether (sulfide) groups is 1. The van der Waals surface area contributed by atoms with Crippen molar-refractivity contribution in [2.45, 2.75) is 13.0 Å². The summed E-state index contributed by atoms with van der Waals surface area (Å²) in [7, 11) is 0. The van der Waals surface area contributed by atoms with Crippen LogP contribution in [0.3, 0.4) is 0 Å². The normalized spacial score (nSPS) is 18.7. The van der Waals surface area contributed by atoms with Crippen LogP contribution in [0.15, 0.2) is 24.3 Å². The van der Waals surface area contributed by atoms with Crippen LogP contribution in [0.25, 0.3) is 11.1 Å². The smallest absolute Gasteiger partial charge is 0.161 e. The van der Waals surface area contributed by atoms with Crippen LogP contribution in [0, 0.1) is 6.92 Å². The fourth-order valence-corrected chi connectivity index (χ4v) is 3.62. The molecule has 0 saturated carbocycles. The second-order valence-corrected chi connectivity index (χ2v) is 6.70. The maximum absolute atomic E-state index is 6.33. The van der Waals surface area contributed by atoms with Gasteiger partial charge >= 0.3 is 0 Å². The quantitative estimate of drug-likeness (QED) is 0.750. The van der Waals surface area contributed by atoms with Crippen LogP contribution in [0.1, 0.15) is 17.5 Å². The Morgan fingerprint density at radius 3 is 2.38 bits per heavy atom. The molecule has 2 heterocycles. The third kappa shape index (κ3) is 3.34. The molecule has 3 rings (SSSR count). The van der Waals surface area contributed by atoms with Crippen molar-refractivity contribution in [3.8, 4) is 11.1 Å². The van der Waals surface area contributed by atoms with Crippen molar-refractivity contribution in [3.05, 3.63) is 46.0 Å². The minimum atomic E-state index is -0.134. The number of aromatic nitrogens is 2. The van der Waals surface area contributed by atoms with Gasteiger partial charge in [0.2, 0.25) is 0 Å². The van der Waals surface area contributed by atoms with Gasteiger partial charge in [0.1, 0.15) is 16.4 Å². The molecule has 1 aliphatic rings. The summed E-state index contributed by atoms with van der Waals surface area (Å²) >= 11 is 14.5. The number of hydrogen-bond acceptors (Lipinski definition) is 4. The number of ether oxygens (including phenoxy) is 1. The van der Waals surface area contributed by atoms with E-state index in [2.05, 4.69) is 9.97 Å². The van der Waals surface area contributed by atoms with E-state index < -0.39 is 0 Å². The molecule has 110 valence electrons. The van der Waals surface area contributed by atoms with E-state index in [-0.39, 0.29) is 6.10 Å². The Balaban J connectivity index is 1.97. The molecule has 0 radical (unpaired) electrons. The Labute approximate surface area is 138 Å². The highest BCUT2D eigenvalue weighted by atomic mass is 35.5. The number of rotatable bonds is 2. The Kier molecular flexibility index (Phi) is 4.69. The standard InChI is InChI=1S/C15H14Cl2N2OS/c1-9-2-4-10(5-3-9)12-13(16)18-15(19-14(12)17)11-8-21-7-6-20-11/h2-5,11H,6-8H2,1H3. The molecule has 21 heavy (non-hydrogen) atoms. The van der Waals surface area contributed by atoms with Crippen LogP contribution >= 0.6 is 35.0 Å². The largest absolute Gasteiger partial charge is 0.368 e. The third-order valence-electron chi connectivity index (χ3n) is 3.28. The lowest BCUT2D eigenvalue weighted by atomic mass is 10.1. The molecule has 0 aliphatic carbocycles. The van der Waals surface area contributed by atoms with E-state index in [1.54, 1.807) is 0 Å². The molecular weight excluding hydrogens is 327 g/mol. The molecular formula is C15H14Cl2N2OS. The van der Waals surface area contributed by atoms with Crippen molar-refractivity contribution in [2.24, 2.45) is 0 Å². The van der Waals surface area contributed by atoms with Crippen molar-refractivity contribution in [2.75, 3.05) is 18.1 Å². The van der Waals surface area contributed by atoms with Gasteiger partial charge in [-0.05, 0) is 12.5 Å². The van der Waals surface area contributed by atoms with Gasteiger partial charge in [-0.25, -0.2) is 9.97 Å². The van der Waals surface area contributed by atoms with Gasteiger partial charge in [-0.15, -0.1) is 0 Å². The summed E-state index contributed by atoms with van der Waals surface area (Å²) < 4.78 is 5.67. The molecule has 1 atom stereocenters. The Morgan fingerprint density at radius 1 is 1.14 bits per heavy atom. The van der Waals surface area contributed by atoms with Crippen molar-refractivity contribution in [1.82, 2.24) is 9.97 Å². The summed E-state index contributed by atoms with van der Waals surface area (Å²) in [5.74, 6) is 2.39. The van der Waals surface area contributed by atoms with E-state index in [1.165, 1.54) is 5.56 Å². The molecule has 3 nitrogen and oxygen atoms in total. The molecule has 1 aromatic carbocycles. The highest BCUT2D eigenvalue weighted by Gasteiger charge is 2.22. The van der Waals surface area contributed by atoms with Crippen molar-refractivity contribution >= 4 is 35.0 Å². The summed E-state index contributed by atoms with van der Waals surface area (Å²) in [5.41, 5.74) is 2.77. The molecule has 1 fully saturated rings. The van der Waals surface area contributed by atoms with Gasteiger partial charge < -0.3 is 4.74 Å². The first-order valence-electron chi connectivity index (χ1n) is 6.64. The molecule has 0 spiro atoms. The molecule has 1 saturated heterocycles. The molecule has 0 amide bonds. The monoisotopic (exact) mass is 340 g/mol. The Hall–Kier alpha value is -0.810. The molecule has 0 N–H and O–H groups in total. The van der Waals surface area contributed by atoms with Crippen LogP contribution in [0.5, 0.6) is 0 Å². The minimum absolute atomic E-state index is 0.134. The third-order valence-corrected chi connectivity index (χ3v) is 4.82. The van der Waals surface area contributed by atoms with Crippen molar-refractivity contribution in [3.63, 3.8) is 0 Å². The SMILES string of the molecule is Cc1ccc(-c2c(Cl)nc(C3CSCCO3)nc2Cl)cc1. The zero-order valence-electron chi connectivity index (χ0n) is 11.5. The lowest BCUT2D eigenvalue weighted by molar-refractivity contribution is 0.0694. The van der Waals surface area contributed by atoms with Crippen LogP contribution in [-0.2, 0) is 4.74 Å². The Morgan fingerprint density at radius 2 is 1.81 bits per heavy atom. The molecule has 1 aliphatic heterocycles. The highest BCUT2D eigenvalue weighted by Crippen LogP contribution is 2.34. The van der Waals surface area contributed by atoms with E-state index in [0.717, 1.165) is 17.1 Å². The van der Waals surface area contributed by atoms with Crippen LogP contribution in [-0.4, -0.2) is 28.1 Å². The Bertz CT molecular complexity index is 620. The number of hydrogen-bond donors (Lipinski definition) is 0. The molecule has 1 aromatic heterocycles. The van der Waals surface area contributed by atoms with Crippen LogP contribution < -0.4 is 0 Å². The van der Waals surface area contributed by atoms with Crippen molar-refractivity contribution < 1.29 is 4.74 Å². The molecule has 2 aromatic rings. The molecule has 6 heteroatoms. The van der Waals surface area contributed by atoms with Gasteiger partial charge in [0.05, 0.1) is 12.2 Å². The van der Waals surface area contributed by atoms with Gasteiger partial charge in [0, 0.05) is 11.5 Å². The predicted octanol–water partition coefficient (Wildman–Crippen LogP) is 4.56. The van der Waals surface area contributed by atoms with Gasteiger partial charge in [-0.3, -0.25) is 0 Å². The fraction of sp³-hybridized carbons (Fsp3) is 0.333. The van der Waals surface area contributed by atoms with Crippen molar-refractivity contribution in [1.29, 1.82) is 0 Å². The number of benzene rings is 1. The van der Waals surface area contributed by atoms with E-state index >= 15 is 0 Å². The first-order chi connectivity index (χ1) is 10.1. The lowest BCUT2D eigenvalue weighted by Gasteiger charge is -2.21. The topological polar surface area (TPSA) is 35.0 Å². The van der Waals surface area contributed by atoms with E-state index in [1.807, 2.05) is 43.0 Å².